The van der Waals surface area contributed by atoms with E-state index in [1.54, 1.807) is 6.07 Å². The van der Waals surface area contributed by atoms with E-state index in [1.165, 1.54) is 18.1 Å². The molecule has 0 aromatic heterocycles. The van der Waals surface area contributed by atoms with Crippen molar-refractivity contribution in [2.45, 2.75) is 19.4 Å². The fraction of sp³-hybridized carbons (Fsp3) is 0.300. The van der Waals surface area contributed by atoms with Crippen LogP contribution in [0.15, 0.2) is 23.4 Å². The zero-order valence-corrected chi connectivity index (χ0v) is 7.28. The van der Waals surface area contributed by atoms with Gasteiger partial charge in [-0.05, 0) is 30.5 Å². The summed E-state index contributed by atoms with van der Waals surface area (Å²) < 4.78 is 0. The molecule has 0 aliphatic heterocycles. The molecule has 0 heterocycles. The van der Waals surface area contributed by atoms with Crippen LogP contribution in [0.25, 0.3) is 0 Å². The van der Waals surface area contributed by atoms with E-state index < -0.39 is 6.04 Å². The molecule has 13 heavy (non-hydrogen) atoms. The average Bonchev–Trinajstić information content (AvgIpc) is 2.92. The maximum atomic E-state index is 11.5. The smallest absolute Gasteiger partial charge is 0.190 e. The molecule has 0 saturated carbocycles. The van der Waals surface area contributed by atoms with Crippen molar-refractivity contribution in [1.29, 1.82) is 0 Å². The first-order valence-electron chi connectivity index (χ1n) is 4.21. The van der Waals surface area contributed by atoms with Gasteiger partial charge in [-0.3, -0.25) is 4.79 Å². The lowest BCUT2D eigenvalue weighted by molar-refractivity contribution is 0.0968. The molecule has 1 unspecified atom stereocenters. The van der Waals surface area contributed by atoms with Gasteiger partial charge in [-0.1, -0.05) is 17.3 Å². The predicted octanol–water partition coefficient (Wildman–Crippen LogP) is 1.93. The summed E-state index contributed by atoms with van der Waals surface area (Å²) in [6.45, 7) is 1.51. The molecule has 0 radical (unpaired) electrons. The molecule has 2 rings (SSSR count). The summed E-state index contributed by atoms with van der Waals surface area (Å²) in [5, 5.41) is 2.71. The van der Waals surface area contributed by atoms with Crippen molar-refractivity contribution in [3.05, 3.63) is 39.8 Å². The Bertz CT molecular complexity index is 385. The summed E-state index contributed by atoms with van der Waals surface area (Å²) in [7, 11) is 0. The third kappa shape index (κ3) is 1.37. The maximum Gasteiger partial charge on any atom is 0.190 e. The summed E-state index contributed by atoms with van der Waals surface area (Å²) in [5.74, 6) is -0.190. The fourth-order valence-electron chi connectivity index (χ4n) is 1.34. The Labute approximate surface area is 75.7 Å². The van der Waals surface area contributed by atoms with Gasteiger partial charge in [0.05, 0.1) is 0 Å². The molecule has 1 aliphatic rings. The molecular weight excluding hydrogens is 166 g/mol. The van der Waals surface area contributed by atoms with Gasteiger partial charge in [0, 0.05) is 5.56 Å². The van der Waals surface area contributed by atoms with Gasteiger partial charge in [-0.25, -0.2) is 0 Å². The number of rotatable bonds is 3. The van der Waals surface area contributed by atoms with Crippen molar-refractivity contribution in [2.75, 3.05) is 0 Å². The first-order valence-corrected chi connectivity index (χ1v) is 4.21. The Hall–Kier alpha value is -1.51. The van der Waals surface area contributed by atoms with Crippen LogP contribution in [-0.2, 0) is 6.42 Å². The van der Waals surface area contributed by atoms with E-state index in [2.05, 4.69) is 5.18 Å². The second-order valence-corrected chi connectivity index (χ2v) is 3.31. The van der Waals surface area contributed by atoms with Crippen molar-refractivity contribution in [1.82, 2.24) is 0 Å². The van der Waals surface area contributed by atoms with E-state index in [9.17, 15) is 9.70 Å². The lowest BCUT2D eigenvalue weighted by atomic mass is 10.1. The van der Waals surface area contributed by atoms with Gasteiger partial charge >= 0.3 is 0 Å². The summed E-state index contributed by atoms with van der Waals surface area (Å²) in [5.41, 5.74) is 3.11. The third-order valence-electron chi connectivity index (χ3n) is 2.28. The van der Waals surface area contributed by atoms with Crippen molar-refractivity contribution in [3.8, 4) is 0 Å². The van der Waals surface area contributed by atoms with Gasteiger partial charge in [-0.15, -0.1) is 0 Å². The van der Waals surface area contributed by atoms with Crippen LogP contribution in [0, 0.1) is 4.91 Å². The maximum absolute atomic E-state index is 11.5. The van der Waals surface area contributed by atoms with Gasteiger partial charge < -0.3 is 0 Å². The second-order valence-electron chi connectivity index (χ2n) is 3.31. The van der Waals surface area contributed by atoms with Gasteiger partial charge in [-0.2, -0.15) is 4.91 Å². The third-order valence-corrected chi connectivity index (χ3v) is 2.28. The highest BCUT2D eigenvalue weighted by molar-refractivity contribution is 6.00. The Kier molecular flexibility index (Phi) is 1.72. The average molecular weight is 175 g/mol. The minimum Gasteiger partial charge on any atom is -0.292 e. The lowest BCUT2D eigenvalue weighted by Crippen LogP contribution is -2.13. The van der Waals surface area contributed by atoms with Crippen molar-refractivity contribution in [2.24, 2.45) is 5.18 Å². The predicted molar refractivity (Wildman–Crippen MR) is 48.8 cm³/mol. The number of hydrogen-bond acceptors (Lipinski definition) is 3. The first kappa shape index (κ1) is 8.10. The van der Waals surface area contributed by atoms with Crippen LogP contribution < -0.4 is 0 Å². The molecule has 0 fully saturated rings. The summed E-state index contributed by atoms with van der Waals surface area (Å²) in [6.07, 6.45) is 0.982. The molecule has 3 heteroatoms. The molecule has 0 spiro atoms. The highest BCUT2D eigenvalue weighted by Crippen LogP contribution is 2.28. The number of nitroso groups, excluding NO2 is 1. The van der Waals surface area contributed by atoms with Crippen LogP contribution in [0.4, 0.5) is 0 Å². The van der Waals surface area contributed by atoms with E-state index in [0.717, 1.165) is 6.42 Å². The molecule has 1 atom stereocenters. The van der Waals surface area contributed by atoms with Crippen LogP contribution in [0.1, 0.15) is 28.4 Å². The number of carbonyl (C=O) groups is 1. The normalized spacial score (nSPS) is 14.5. The molecule has 3 nitrogen and oxygen atoms in total. The van der Waals surface area contributed by atoms with Gasteiger partial charge in [0.15, 0.2) is 11.8 Å². The van der Waals surface area contributed by atoms with Gasteiger partial charge in [0.25, 0.3) is 0 Å². The monoisotopic (exact) mass is 175 g/mol. The molecule has 0 N–H and O–H groups in total. The highest BCUT2D eigenvalue weighted by Gasteiger charge is 2.21. The fourth-order valence-corrected chi connectivity index (χ4v) is 1.34. The lowest BCUT2D eigenvalue weighted by Gasteiger charge is -1.99. The van der Waals surface area contributed by atoms with Crippen molar-refractivity contribution >= 4 is 5.78 Å². The Morgan fingerprint density at radius 3 is 2.85 bits per heavy atom. The molecule has 1 aromatic carbocycles. The molecule has 1 aliphatic carbocycles. The number of ketones is 1. The highest BCUT2D eigenvalue weighted by atomic mass is 16.3. The van der Waals surface area contributed by atoms with Crippen molar-refractivity contribution in [3.63, 3.8) is 0 Å². The van der Waals surface area contributed by atoms with Crippen molar-refractivity contribution < 1.29 is 4.79 Å². The quantitative estimate of drug-likeness (QED) is 0.528. The number of Topliss-reactive ketones (excluding diaryl/α,β-unsaturated/α-hetero) is 1. The number of nitrogens with zero attached hydrogens (tertiary/aromatic N) is 1. The van der Waals surface area contributed by atoms with Gasteiger partial charge in [0.2, 0.25) is 0 Å². The van der Waals surface area contributed by atoms with Crippen LogP contribution in [-0.4, -0.2) is 11.8 Å². The number of hydrogen-bond donors (Lipinski definition) is 0. The Balaban J connectivity index is 2.26. The molecule has 0 bridgehead atoms. The van der Waals surface area contributed by atoms with E-state index in [-0.39, 0.29) is 5.78 Å². The number of benzene rings is 1. The van der Waals surface area contributed by atoms with E-state index in [0.29, 0.717) is 5.56 Å². The van der Waals surface area contributed by atoms with Crippen LogP contribution in [0.2, 0.25) is 0 Å². The van der Waals surface area contributed by atoms with E-state index in [4.69, 9.17) is 0 Å². The SMILES string of the molecule is CC(N=O)C(=O)c1ccc2c(c1)C2. The minimum atomic E-state index is -0.767. The van der Waals surface area contributed by atoms with E-state index in [1.807, 2.05) is 12.1 Å². The molecule has 66 valence electrons. The van der Waals surface area contributed by atoms with Crippen LogP contribution >= 0.6 is 0 Å². The molecular formula is C10H9NO2. The van der Waals surface area contributed by atoms with E-state index >= 15 is 0 Å². The largest absolute Gasteiger partial charge is 0.292 e. The topological polar surface area (TPSA) is 46.5 Å². The van der Waals surface area contributed by atoms with Crippen LogP contribution in [0.5, 0.6) is 0 Å². The standard InChI is InChI=1S/C10H9NO2/c1-6(11-13)10(12)8-3-2-7-4-9(7)5-8/h2-3,5-6H,4H2,1H3. The Morgan fingerprint density at radius 2 is 2.23 bits per heavy atom. The minimum absolute atomic E-state index is 0.190. The zero-order chi connectivity index (χ0) is 9.42. The number of carbonyl (C=O) groups excluding carboxylic acids is 1. The molecule has 0 amide bonds. The second kappa shape index (κ2) is 2.76. The van der Waals surface area contributed by atoms with Gasteiger partial charge in [0.1, 0.15) is 0 Å². The Morgan fingerprint density at radius 1 is 1.46 bits per heavy atom. The molecule has 1 aromatic rings. The zero-order valence-electron chi connectivity index (χ0n) is 7.28. The summed E-state index contributed by atoms with van der Waals surface area (Å²) in [6, 6.07) is 4.77. The first-order chi connectivity index (χ1) is 6.22. The van der Waals surface area contributed by atoms with Crippen LogP contribution in [0.3, 0.4) is 0 Å². The summed E-state index contributed by atoms with van der Waals surface area (Å²) >= 11 is 0. The molecule has 0 saturated heterocycles. The summed E-state index contributed by atoms with van der Waals surface area (Å²) in [4.78, 5) is 21.6. The number of fused-ring (bicyclic) bond motifs is 1.